The van der Waals surface area contributed by atoms with Crippen LogP contribution in [0.4, 0.5) is 0 Å². The molecule has 0 spiro atoms. The van der Waals surface area contributed by atoms with Gasteiger partial charge in [0.15, 0.2) is 5.65 Å². The Hall–Kier alpha value is -3.18. The summed E-state index contributed by atoms with van der Waals surface area (Å²) in [7, 11) is 0. The third-order valence-corrected chi connectivity index (χ3v) is 5.73. The lowest BCUT2D eigenvalue weighted by Gasteiger charge is -2.20. The van der Waals surface area contributed by atoms with Crippen LogP contribution in [0.3, 0.4) is 0 Å². The summed E-state index contributed by atoms with van der Waals surface area (Å²) >= 11 is 6.52. The Morgan fingerprint density at radius 3 is 2.30 bits per heavy atom. The van der Waals surface area contributed by atoms with Crippen molar-refractivity contribution in [2.45, 2.75) is 31.8 Å². The molecule has 1 N–H and O–H groups in total. The second-order valence-electron chi connectivity index (χ2n) is 7.53. The Labute approximate surface area is 179 Å². The molecule has 1 aliphatic rings. The highest BCUT2D eigenvalue weighted by atomic mass is 35.5. The van der Waals surface area contributed by atoms with Crippen molar-refractivity contribution in [3.8, 4) is 28.4 Å². The number of imidazole rings is 1. The predicted molar refractivity (Wildman–Crippen MR) is 118 cm³/mol. The number of halogens is 1. The number of nitrogens with zero attached hydrogens (tertiary/aromatic N) is 2. The highest BCUT2D eigenvalue weighted by Gasteiger charge is 2.21. The zero-order valence-corrected chi connectivity index (χ0v) is 17.0. The van der Waals surface area contributed by atoms with Crippen molar-refractivity contribution < 1.29 is 9.53 Å². The summed E-state index contributed by atoms with van der Waals surface area (Å²) in [5.41, 5.74) is 5.20. The maximum Gasteiger partial charge on any atom is 0.296 e. The van der Waals surface area contributed by atoms with Crippen molar-refractivity contribution in [1.29, 1.82) is 0 Å². The summed E-state index contributed by atoms with van der Waals surface area (Å²) < 4.78 is 5.94. The molecule has 0 bridgehead atoms. The third kappa shape index (κ3) is 3.81. The number of carbonyl (C=O) groups is 1. The lowest BCUT2D eigenvalue weighted by molar-refractivity contribution is -0.121. The first-order valence-electron chi connectivity index (χ1n) is 10.1. The van der Waals surface area contributed by atoms with E-state index in [0.29, 0.717) is 41.0 Å². The monoisotopic (exact) mass is 417 g/mol. The number of Topliss-reactive ketones (excluding diaryl/α,β-unsaturated/α-hetero) is 1. The van der Waals surface area contributed by atoms with E-state index in [1.54, 1.807) is 0 Å². The lowest BCUT2D eigenvalue weighted by Crippen LogP contribution is -2.24. The van der Waals surface area contributed by atoms with Crippen LogP contribution in [0.2, 0.25) is 5.02 Å². The van der Waals surface area contributed by atoms with Crippen LogP contribution in [0.1, 0.15) is 25.7 Å². The van der Waals surface area contributed by atoms with Crippen molar-refractivity contribution in [3.05, 3.63) is 65.7 Å². The SMILES string of the molecule is O=C1CCC(Oc2nc3nc(-c4ccc(-c5ccccc5)cc4)c(Cl)cc3[nH]2)CC1. The molecule has 2 heterocycles. The van der Waals surface area contributed by atoms with Gasteiger partial charge < -0.3 is 9.72 Å². The molecule has 6 heteroatoms. The summed E-state index contributed by atoms with van der Waals surface area (Å²) in [5, 5.41) is 0.549. The molecule has 1 aliphatic carbocycles. The largest absolute Gasteiger partial charge is 0.461 e. The number of aromatic amines is 1. The number of benzene rings is 2. The summed E-state index contributed by atoms with van der Waals surface area (Å²) in [6.45, 7) is 0. The molecule has 0 aliphatic heterocycles. The van der Waals surface area contributed by atoms with Crippen LogP contribution in [0.15, 0.2) is 60.7 Å². The molecule has 1 saturated carbocycles. The molecular weight excluding hydrogens is 398 g/mol. The van der Waals surface area contributed by atoms with Gasteiger partial charge >= 0.3 is 0 Å². The summed E-state index contributed by atoms with van der Waals surface area (Å²) in [4.78, 5) is 23.7. The van der Waals surface area contributed by atoms with E-state index in [9.17, 15) is 4.79 Å². The molecule has 5 rings (SSSR count). The maximum absolute atomic E-state index is 11.4. The van der Waals surface area contributed by atoms with Crippen LogP contribution in [-0.2, 0) is 4.79 Å². The molecule has 2 aromatic heterocycles. The topological polar surface area (TPSA) is 67.9 Å². The van der Waals surface area contributed by atoms with Gasteiger partial charge in [0.1, 0.15) is 11.9 Å². The van der Waals surface area contributed by atoms with Gasteiger partial charge in [-0.3, -0.25) is 4.79 Å². The van der Waals surface area contributed by atoms with Crippen molar-refractivity contribution in [2.75, 3.05) is 0 Å². The number of ether oxygens (including phenoxy) is 1. The van der Waals surface area contributed by atoms with Gasteiger partial charge in [-0.05, 0) is 30.0 Å². The molecule has 0 saturated heterocycles. The van der Waals surface area contributed by atoms with Gasteiger partial charge in [-0.2, -0.15) is 4.98 Å². The summed E-state index contributed by atoms with van der Waals surface area (Å²) in [6, 6.07) is 20.6. The molecule has 4 aromatic rings. The number of hydrogen-bond acceptors (Lipinski definition) is 4. The fourth-order valence-corrected chi connectivity index (χ4v) is 4.05. The van der Waals surface area contributed by atoms with Gasteiger partial charge in [0.05, 0.1) is 16.2 Å². The molecule has 0 unspecified atom stereocenters. The van der Waals surface area contributed by atoms with Gasteiger partial charge in [0.25, 0.3) is 6.01 Å². The zero-order valence-electron chi connectivity index (χ0n) is 16.3. The van der Waals surface area contributed by atoms with E-state index in [1.165, 1.54) is 0 Å². The summed E-state index contributed by atoms with van der Waals surface area (Å²) in [5.74, 6) is 0.302. The number of aromatic nitrogens is 3. The average molecular weight is 418 g/mol. The van der Waals surface area contributed by atoms with E-state index in [1.807, 2.05) is 36.4 Å². The highest BCUT2D eigenvalue weighted by molar-refractivity contribution is 6.33. The Bertz CT molecular complexity index is 1190. The Morgan fingerprint density at radius 1 is 0.900 bits per heavy atom. The van der Waals surface area contributed by atoms with Gasteiger partial charge in [-0.1, -0.05) is 66.2 Å². The third-order valence-electron chi connectivity index (χ3n) is 5.44. The van der Waals surface area contributed by atoms with Crippen LogP contribution in [0.5, 0.6) is 6.01 Å². The lowest BCUT2D eigenvalue weighted by atomic mass is 9.97. The molecular formula is C24H20ClN3O2. The summed E-state index contributed by atoms with van der Waals surface area (Å²) in [6.07, 6.45) is 2.59. The zero-order chi connectivity index (χ0) is 20.5. The van der Waals surface area contributed by atoms with E-state index in [2.05, 4.69) is 39.2 Å². The normalized spacial score (nSPS) is 14.9. The smallest absolute Gasteiger partial charge is 0.296 e. The molecule has 1 fully saturated rings. The van der Waals surface area contributed by atoms with Crippen LogP contribution < -0.4 is 4.74 Å². The van der Waals surface area contributed by atoms with Crippen molar-refractivity contribution in [3.63, 3.8) is 0 Å². The molecule has 2 aromatic carbocycles. The second-order valence-corrected chi connectivity index (χ2v) is 7.94. The quantitative estimate of drug-likeness (QED) is 0.453. The molecule has 0 amide bonds. The molecule has 5 nitrogen and oxygen atoms in total. The van der Waals surface area contributed by atoms with Crippen LogP contribution in [-0.4, -0.2) is 26.8 Å². The average Bonchev–Trinajstić information content (AvgIpc) is 3.16. The fourth-order valence-electron chi connectivity index (χ4n) is 3.79. The first kappa shape index (κ1) is 18.8. The van der Waals surface area contributed by atoms with E-state index < -0.39 is 0 Å². The van der Waals surface area contributed by atoms with Crippen molar-refractivity contribution >= 4 is 28.5 Å². The fraction of sp³-hybridized carbons (Fsp3) is 0.208. The van der Waals surface area contributed by atoms with E-state index >= 15 is 0 Å². The minimum absolute atomic E-state index is 0.00346. The van der Waals surface area contributed by atoms with Crippen LogP contribution in [0.25, 0.3) is 33.5 Å². The minimum atomic E-state index is 0.00346. The number of H-pyrrole nitrogens is 1. The molecule has 30 heavy (non-hydrogen) atoms. The maximum atomic E-state index is 11.4. The van der Waals surface area contributed by atoms with E-state index in [-0.39, 0.29) is 6.10 Å². The Balaban J connectivity index is 1.41. The molecule has 0 atom stereocenters. The second kappa shape index (κ2) is 7.92. The number of rotatable bonds is 4. The highest BCUT2D eigenvalue weighted by Crippen LogP contribution is 2.31. The first-order valence-corrected chi connectivity index (χ1v) is 10.4. The van der Waals surface area contributed by atoms with E-state index in [0.717, 1.165) is 35.0 Å². The van der Waals surface area contributed by atoms with Gasteiger partial charge in [0, 0.05) is 18.4 Å². The van der Waals surface area contributed by atoms with Gasteiger partial charge in [0.2, 0.25) is 0 Å². The molecule has 0 radical (unpaired) electrons. The van der Waals surface area contributed by atoms with Crippen molar-refractivity contribution in [2.24, 2.45) is 0 Å². The number of pyridine rings is 1. The Morgan fingerprint density at radius 2 is 1.57 bits per heavy atom. The van der Waals surface area contributed by atoms with Crippen LogP contribution >= 0.6 is 11.6 Å². The number of nitrogens with one attached hydrogen (secondary N) is 1. The number of hydrogen-bond donors (Lipinski definition) is 1. The van der Waals surface area contributed by atoms with E-state index in [4.69, 9.17) is 16.3 Å². The molecule has 150 valence electrons. The van der Waals surface area contributed by atoms with Gasteiger partial charge in [-0.15, -0.1) is 0 Å². The number of ketones is 1. The standard InChI is InChI=1S/C24H20ClN3O2/c25-20-14-21-23(28-24(26-21)30-19-12-10-18(29)11-13-19)27-22(20)17-8-6-16(7-9-17)15-4-2-1-3-5-15/h1-9,14,19H,10-13H2,(H,26,27,28). The van der Waals surface area contributed by atoms with Crippen LogP contribution in [0, 0.1) is 0 Å². The Kier molecular flexibility index (Phi) is 4.97. The minimum Gasteiger partial charge on any atom is -0.461 e. The number of fused-ring (bicyclic) bond motifs is 1. The number of carbonyl (C=O) groups excluding carboxylic acids is 1. The van der Waals surface area contributed by atoms with Crippen molar-refractivity contribution in [1.82, 2.24) is 15.0 Å². The van der Waals surface area contributed by atoms with Gasteiger partial charge in [-0.25, -0.2) is 4.98 Å². The first-order chi connectivity index (χ1) is 14.7. The predicted octanol–water partition coefficient (Wildman–Crippen LogP) is 5.84.